The van der Waals surface area contributed by atoms with Crippen molar-refractivity contribution < 1.29 is 23.1 Å². The smallest absolute Gasteiger partial charge is 0.303 e. The fraction of sp³-hybridized carbons (Fsp3) is 0.857. The molecule has 1 aliphatic rings. The zero-order valence-corrected chi connectivity index (χ0v) is 14.3. The van der Waals surface area contributed by atoms with Gasteiger partial charge in [0.05, 0.1) is 12.7 Å². The summed E-state index contributed by atoms with van der Waals surface area (Å²) in [5.41, 5.74) is -0.574. The maximum absolute atomic E-state index is 11.9. The van der Waals surface area contributed by atoms with Crippen LogP contribution in [0, 0.1) is 11.3 Å². The van der Waals surface area contributed by atoms with E-state index in [1.165, 1.54) is 10.6 Å². The molecule has 0 unspecified atom stereocenters. The Balaban J connectivity index is 2.33. The van der Waals surface area contributed by atoms with Gasteiger partial charge in [0.1, 0.15) is 0 Å². The maximum atomic E-state index is 11.9. The molecule has 0 aliphatic carbocycles. The minimum absolute atomic E-state index is 0.0484. The van der Waals surface area contributed by atoms with Gasteiger partial charge in [-0.3, -0.25) is 9.59 Å². The predicted octanol–water partition coefficient (Wildman–Crippen LogP) is 0.665. The molecule has 2 N–H and O–H groups in total. The van der Waals surface area contributed by atoms with Crippen molar-refractivity contribution in [3.05, 3.63) is 0 Å². The van der Waals surface area contributed by atoms with Gasteiger partial charge in [0, 0.05) is 26.1 Å². The molecule has 7 nitrogen and oxygen atoms in total. The maximum Gasteiger partial charge on any atom is 0.303 e. The average molecular weight is 334 g/mol. The molecule has 1 aliphatic heterocycles. The standard InChI is InChI=1S/C14H26N2O5S/c1-14(2,9-13(18)19)8-12(17)15-10-11-4-6-16(7-5-11)22(3,20)21/h11H,4-10H2,1-3H3,(H,15,17)(H,18,19). The van der Waals surface area contributed by atoms with Gasteiger partial charge in [0.25, 0.3) is 0 Å². The molecule has 1 amide bonds. The zero-order chi connectivity index (χ0) is 17.0. The number of rotatable bonds is 7. The number of sulfonamides is 1. The minimum atomic E-state index is -3.13. The second-order valence-corrected chi connectivity index (χ2v) is 8.80. The molecule has 1 saturated heterocycles. The first kappa shape index (κ1) is 18.9. The van der Waals surface area contributed by atoms with Crippen molar-refractivity contribution in [2.45, 2.75) is 39.5 Å². The Morgan fingerprint density at radius 1 is 1.23 bits per heavy atom. The van der Waals surface area contributed by atoms with Crippen LogP contribution in [0.2, 0.25) is 0 Å². The summed E-state index contributed by atoms with van der Waals surface area (Å²) in [6.07, 6.45) is 2.78. The quantitative estimate of drug-likeness (QED) is 0.712. The monoisotopic (exact) mass is 334 g/mol. The van der Waals surface area contributed by atoms with Crippen molar-refractivity contribution in [3.63, 3.8) is 0 Å². The van der Waals surface area contributed by atoms with E-state index < -0.39 is 21.4 Å². The Labute approximate surface area is 132 Å². The lowest BCUT2D eigenvalue weighted by molar-refractivity contribution is -0.139. The fourth-order valence-corrected chi connectivity index (χ4v) is 3.55. The van der Waals surface area contributed by atoms with E-state index in [0.29, 0.717) is 19.6 Å². The van der Waals surface area contributed by atoms with Gasteiger partial charge >= 0.3 is 5.97 Å². The number of carbonyl (C=O) groups excluding carboxylic acids is 1. The summed E-state index contributed by atoms with van der Waals surface area (Å²) in [7, 11) is -3.13. The van der Waals surface area contributed by atoms with Crippen LogP contribution in [0.15, 0.2) is 0 Å². The Morgan fingerprint density at radius 3 is 2.23 bits per heavy atom. The summed E-state index contributed by atoms with van der Waals surface area (Å²) in [5, 5.41) is 11.6. The number of hydrogen-bond donors (Lipinski definition) is 2. The largest absolute Gasteiger partial charge is 0.481 e. The molecule has 128 valence electrons. The number of amides is 1. The van der Waals surface area contributed by atoms with Crippen molar-refractivity contribution in [2.75, 3.05) is 25.9 Å². The molecule has 0 atom stereocenters. The molecule has 1 heterocycles. The molecule has 0 aromatic heterocycles. The molecule has 1 fully saturated rings. The van der Waals surface area contributed by atoms with E-state index in [1.54, 1.807) is 13.8 Å². The van der Waals surface area contributed by atoms with Crippen molar-refractivity contribution >= 4 is 21.9 Å². The van der Waals surface area contributed by atoms with Crippen LogP contribution in [0.5, 0.6) is 0 Å². The van der Waals surface area contributed by atoms with Crippen LogP contribution >= 0.6 is 0 Å². The van der Waals surface area contributed by atoms with Crippen LogP contribution in [0.25, 0.3) is 0 Å². The van der Waals surface area contributed by atoms with Crippen LogP contribution in [0.3, 0.4) is 0 Å². The fourth-order valence-electron chi connectivity index (χ4n) is 2.67. The Kier molecular flexibility index (Phi) is 6.37. The van der Waals surface area contributed by atoms with E-state index in [0.717, 1.165) is 12.8 Å². The summed E-state index contributed by atoms with van der Waals surface area (Å²) in [4.78, 5) is 22.6. The van der Waals surface area contributed by atoms with E-state index in [9.17, 15) is 18.0 Å². The summed E-state index contributed by atoms with van der Waals surface area (Å²) in [6.45, 7) is 5.00. The number of carboxylic acid groups (broad SMARTS) is 1. The van der Waals surface area contributed by atoms with E-state index in [2.05, 4.69) is 5.32 Å². The summed E-state index contributed by atoms with van der Waals surface area (Å²) < 4.78 is 24.3. The predicted molar refractivity (Wildman–Crippen MR) is 82.8 cm³/mol. The van der Waals surface area contributed by atoms with Crippen molar-refractivity contribution in [2.24, 2.45) is 11.3 Å². The Bertz CT molecular complexity index is 507. The first-order valence-corrected chi connectivity index (χ1v) is 9.28. The van der Waals surface area contributed by atoms with Gasteiger partial charge in [0.2, 0.25) is 15.9 Å². The zero-order valence-electron chi connectivity index (χ0n) is 13.5. The average Bonchev–Trinajstić information content (AvgIpc) is 2.33. The molecule has 0 aromatic rings. The lowest BCUT2D eigenvalue weighted by Gasteiger charge is -2.30. The van der Waals surface area contributed by atoms with Crippen LogP contribution < -0.4 is 5.32 Å². The lowest BCUT2D eigenvalue weighted by Crippen LogP contribution is -2.41. The molecule has 0 saturated carbocycles. The molecule has 0 bridgehead atoms. The highest BCUT2D eigenvalue weighted by atomic mass is 32.2. The van der Waals surface area contributed by atoms with E-state index >= 15 is 0 Å². The van der Waals surface area contributed by atoms with E-state index in [1.807, 2.05) is 0 Å². The second kappa shape index (κ2) is 7.41. The van der Waals surface area contributed by atoms with Crippen molar-refractivity contribution in [3.8, 4) is 0 Å². The lowest BCUT2D eigenvalue weighted by atomic mass is 9.85. The molecular formula is C14H26N2O5S. The topological polar surface area (TPSA) is 104 Å². The molecule has 8 heteroatoms. The van der Waals surface area contributed by atoms with Crippen LogP contribution in [-0.4, -0.2) is 55.6 Å². The van der Waals surface area contributed by atoms with Gasteiger partial charge in [-0.25, -0.2) is 12.7 Å². The molecular weight excluding hydrogens is 308 g/mol. The first-order valence-electron chi connectivity index (χ1n) is 7.43. The first-order chi connectivity index (χ1) is 9.99. The third-order valence-electron chi connectivity index (χ3n) is 3.90. The number of aliphatic carboxylic acids is 1. The van der Waals surface area contributed by atoms with Crippen LogP contribution in [-0.2, 0) is 19.6 Å². The summed E-state index contributed by atoms with van der Waals surface area (Å²) in [5.74, 6) is -0.799. The molecule has 0 spiro atoms. The highest BCUT2D eigenvalue weighted by molar-refractivity contribution is 7.88. The third kappa shape index (κ3) is 6.74. The van der Waals surface area contributed by atoms with Gasteiger partial charge in [-0.2, -0.15) is 0 Å². The Morgan fingerprint density at radius 2 is 1.77 bits per heavy atom. The number of piperidine rings is 1. The highest BCUT2D eigenvalue weighted by Gasteiger charge is 2.27. The van der Waals surface area contributed by atoms with E-state index in [-0.39, 0.29) is 24.7 Å². The van der Waals surface area contributed by atoms with Gasteiger partial charge < -0.3 is 10.4 Å². The molecule has 0 aromatic carbocycles. The number of hydrogen-bond acceptors (Lipinski definition) is 4. The molecule has 22 heavy (non-hydrogen) atoms. The SMILES string of the molecule is CC(C)(CC(=O)O)CC(=O)NCC1CCN(S(C)(=O)=O)CC1. The Hall–Kier alpha value is -1.15. The summed E-state index contributed by atoms with van der Waals surface area (Å²) >= 11 is 0. The van der Waals surface area contributed by atoms with Gasteiger partial charge in [-0.1, -0.05) is 13.8 Å². The number of carboxylic acids is 1. The second-order valence-electron chi connectivity index (χ2n) is 6.82. The van der Waals surface area contributed by atoms with Gasteiger partial charge in [0.15, 0.2) is 0 Å². The highest BCUT2D eigenvalue weighted by Crippen LogP contribution is 2.25. The normalized spacial score (nSPS) is 18.1. The van der Waals surface area contributed by atoms with E-state index in [4.69, 9.17) is 5.11 Å². The molecule has 1 rings (SSSR count). The third-order valence-corrected chi connectivity index (χ3v) is 5.20. The van der Waals surface area contributed by atoms with Gasteiger partial charge in [-0.05, 0) is 24.2 Å². The number of nitrogens with one attached hydrogen (secondary N) is 1. The van der Waals surface area contributed by atoms with Crippen LogP contribution in [0.4, 0.5) is 0 Å². The van der Waals surface area contributed by atoms with Crippen LogP contribution in [0.1, 0.15) is 39.5 Å². The van der Waals surface area contributed by atoms with Gasteiger partial charge in [-0.15, -0.1) is 0 Å². The molecule has 0 radical (unpaired) electrons. The number of carbonyl (C=O) groups is 2. The minimum Gasteiger partial charge on any atom is -0.481 e. The van der Waals surface area contributed by atoms with Crippen molar-refractivity contribution in [1.29, 1.82) is 0 Å². The summed E-state index contributed by atoms with van der Waals surface area (Å²) in [6, 6.07) is 0. The van der Waals surface area contributed by atoms with Crippen molar-refractivity contribution in [1.82, 2.24) is 9.62 Å². The number of nitrogens with zero attached hydrogens (tertiary/aromatic N) is 1.